The van der Waals surface area contributed by atoms with Crippen molar-refractivity contribution in [3.8, 4) is 33.8 Å². The quantitative estimate of drug-likeness (QED) is 0.242. The molecule has 0 bridgehead atoms. The molecular formula is C33H42N4O3. The second kappa shape index (κ2) is 16.2. The smallest absolute Gasteiger partial charge is 0.159 e. The highest BCUT2D eigenvalue weighted by atomic mass is 16.5. The van der Waals surface area contributed by atoms with E-state index in [0.717, 1.165) is 59.4 Å². The highest BCUT2D eigenvalue weighted by Crippen LogP contribution is 2.32. The SMILES string of the molecule is C.CC(C)=O.CC1CCOCC1.CCn1ncc(-c2ccnc(-c3ccc(C(C)=O)cc3)c2)c1-c1ccccn1. The molecule has 3 aromatic heterocycles. The van der Waals surface area contributed by atoms with E-state index in [0.29, 0.717) is 5.56 Å². The summed E-state index contributed by atoms with van der Waals surface area (Å²) in [5.74, 6) is 1.13. The number of Topliss-reactive ketones (excluding diaryl/α,β-unsaturated/α-hetero) is 2. The van der Waals surface area contributed by atoms with Crippen LogP contribution in [0.4, 0.5) is 0 Å². The molecule has 7 heteroatoms. The lowest BCUT2D eigenvalue weighted by Gasteiger charge is -2.16. The molecule has 0 atom stereocenters. The number of carbonyl (C=O) groups excluding carboxylic acids is 2. The Morgan fingerprint density at radius 2 is 1.55 bits per heavy atom. The van der Waals surface area contributed by atoms with Gasteiger partial charge in [-0.1, -0.05) is 44.7 Å². The average molecular weight is 543 g/mol. The van der Waals surface area contributed by atoms with Crippen molar-refractivity contribution in [1.29, 1.82) is 0 Å². The summed E-state index contributed by atoms with van der Waals surface area (Å²) >= 11 is 0. The van der Waals surface area contributed by atoms with E-state index in [-0.39, 0.29) is 19.0 Å². The second-order valence-corrected chi connectivity index (χ2v) is 9.70. The van der Waals surface area contributed by atoms with E-state index >= 15 is 0 Å². The fourth-order valence-corrected chi connectivity index (χ4v) is 4.06. The molecule has 1 aromatic carbocycles. The number of rotatable bonds is 5. The van der Waals surface area contributed by atoms with Gasteiger partial charge in [-0.2, -0.15) is 5.10 Å². The van der Waals surface area contributed by atoms with Crippen LogP contribution in [0, 0.1) is 5.92 Å². The highest BCUT2D eigenvalue weighted by molar-refractivity contribution is 5.94. The number of ketones is 2. The standard InChI is InChI=1S/C23H20N4O.C6H12O.C3H6O.CH4/c1-3-27-23(21-6-4-5-12-24-21)20(15-26-27)19-11-13-25-22(14-19)18-9-7-17(8-10-18)16(2)28;1-6-2-4-7-5-3-6;1-3(2)4;/h4-15H,3H2,1-2H3;6H,2-5H2,1H3;1-2H3;1H4. The Morgan fingerprint density at radius 3 is 2.08 bits per heavy atom. The van der Waals surface area contributed by atoms with Crippen molar-refractivity contribution in [2.75, 3.05) is 13.2 Å². The largest absolute Gasteiger partial charge is 0.381 e. The Morgan fingerprint density at radius 1 is 0.900 bits per heavy atom. The normalized spacial score (nSPS) is 12.6. The first-order valence-electron chi connectivity index (χ1n) is 13.4. The number of aromatic nitrogens is 4. The predicted octanol–water partition coefficient (Wildman–Crippen LogP) is 7.56. The van der Waals surface area contributed by atoms with E-state index in [9.17, 15) is 9.59 Å². The van der Waals surface area contributed by atoms with Gasteiger partial charge in [0.2, 0.25) is 0 Å². The Kier molecular flexibility index (Phi) is 13.1. The summed E-state index contributed by atoms with van der Waals surface area (Å²) < 4.78 is 7.10. The van der Waals surface area contributed by atoms with Crippen molar-refractivity contribution in [3.63, 3.8) is 0 Å². The lowest BCUT2D eigenvalue weighted by Crippen LogP contribution is -2.12. The topological polar surface area (TPSA) is 87.0 Å². The maximum atomic E-state index is 11.5. The first kappa shape index (κ1) is 32.2. The summed E-state index contributed by atoms with van der Waals surface area (Å²) in [5.41, 5.74) is 6.44. The van der Waals surface area contributed by atoms with Crippen LogP contribution >= 0.6 is 0 Å². The molecule has 0 N–H and O–H groups in total. The van der Waals surface area contributed by atoms with Crippen LogP contribution in [0.15, 0.2) is 73.2 Å². The summed E-state index contributed by atoms with van der Waals surface area (Å²) in [6.45, 7) is 11.7. The summed E-state index contributed by atoms with van der Waals surface area (Å²) in [6, 6.07) is 17.4. The third-order valence-corrected chi connectivity index (χ3v) is 6.21. The number of pyridine rings is 2. The van der Waals surface area contributed by atoms with Crippen LogP contribution < -0.4 is 0 Å². The first-order valence-corrected chi connectivity index (χ1v) is 13.4. The Hall–Kier alpha value is -3.97. The third kappa shape index (κ3) is 9.35. The molecule has 4 heterocycles. The zero-order chi connectivity index (χ0) is 28.2. The molecule has 4 aromatic rings. The Labute approximate surface area is 238 Å². The van der Waals surface area contributed by atoms with Gasteiger partial charge in [0, 0.05) is 48.8 Å². The average Bonchev–Trinajstić information content (AvgIpc) is 3.39. The van der Waals surface area contributed by atoms with Crippen molar-refractivity contribution in [2.24, 2.45) is 5.92 Å². The van der Waals surface area contributed by atoms with Crippen LogP contribution in [0.1, 0.15) is 65.2 Å². The molecule has 7 nitrogen and oxygen atoms in total. The van der Waals surface area contributed by atoms with Crippen LogP contribution in [0.3, 0.4) is 0 Å². The number of benzene rings is 1. The zero-order valence-electron chi connectivity index (χ0n) is 23.6. The van der Waals surface area contributed by atoms with Crippen LogP contribution in [-0.4, -0.2) is 44.5 Å². The van der Waals surface area contributed by atoms with Gasteiger partial charge < -0.3 is 9.53 Å². The highest BCUT2D eigenvalue weighted by Gasteiger charge is 2.16. The van der Waals surface area contributed by atoms with Crippen molar-refractivity contribution in [2.45, 2.75) is 61.4 Å². The number of hydrogen-bond donors (Lipinski definition) is 0. The first-order chi connectivity index (χ1) is 18.8. The third-order valence-electron chi connectivity index (χ3n) is 6.21. The minimum absolute atomic E-state index is 0. The molecule has 212 valence electrons. The molecule has 1 aliphatic heterocycles. The van der Waals surface area contributed by atoms with Crippen molar-refractivity contribution in [1.82, 2.24) is 19.7 Å². The number of hydrogen-bond acceptors (Lipinski definition) is 6. The van der Waals surface area contributed by atoms with Crippen molar-refractivity contribution in [3.05, 3.63) is 78.8 Å². The van der Waals surface area contributed by atoms with Crippen molar-refractivity contribution < 1.29 is 14.3 Å². The van der Waals surface area contributed by atoms with E-state index in [1.807, 2.05) is 65.5 Å². The molecule has 0 unspecified atom stereocenters. The van der Waals surface area contributed by atoms with Gasteiger partial charge in [0.1, 0.15) is 5.78 Å². The van der Waals surface area contributed by atoms with E-state index in [1.54, 1.807) is 19.3 Å². The van der Waals surface area contributed by atoms with Crippen molar-refractivity contribution >= 4 is 11.6 Å². The molecule has 1 fully saturated rings. The molecule has 40 heavy (non-hydrogen) atoms. The van der Waals surface area contributed by atoms with E-state index in [4.69, 9.17) is 4.74 Å². The van der Waals surface area contributed by atoms with E-state index in [2.05, 4.69) is 28.9 Å². The van der Waals surface area contributed by atoms with Crippen LogP contribution in [0.25, 0.3) is 33.8 Å². The van der Waals surface area contributed by atoms with E-state index in [1.165, 1.54) is 26.7 Å². The summed E-state index contributed by atoms with van der Waals surface area (Å²) in [5, 5.41) is 4.54. The second-order valence-electron chi connectivity index (χ2n) is 9.70. The fourth-order valence-electron chi connectivity index (χ4n) is 4.06. The molecule has 0 spiro atoms. The summed E-state index contributed by atoms with van der Waals surface area (Å²) in [6.07, 6.45) is 8.00. The van der Waals surface area contributed by atoms with Gasteiger partial charge in [-0.3, -0.25) is 19.4 Å². The van der Waals surface area contributed by atoms with Crippen LogP contribution in [0.5, 0.6) is 0 Å². The van der Waals surface area contributed by atoms with Crippen LogP contribution in [0.2, 0.25) is 0 Å². The molecule has 5 rings (SSSR count). The Balaban J connectivity index is 0.000000393. The van der Waals surface area contributed by atoms with Gasteiger partial charge in [0.05, 0.1) is 23.3 Å². The monoisotopic (exact) mass is 542 g/mol. The molecule has 0 radical (unpaired) electrons. The Bertz CT molecular complexity index is 1340. The van der Waals surface area contributed by atoms with Gasteiger partial charge >= 0.3 is 0 Å². The fraction of sp³-hybridized carbons (Fsp3) is 0.364. The zero-order valence-corrected chi connectivity index (χ0v) is 23.6. The number of nitrogens with zero attached hydrogens (tertiary/aromatic N) is 4. The lowest BCUT2D eigenvalue weighted by atomic mass is 10.0. The van der Waals surface area contributed by atoms with E-state index < -0.39 is 0 Å². The van der Waals surface area contributed by atoms with Gasteiger partial charge in [-0.25, -0.2) is 0 Å². The van der Waals surface area contributed by atoms with Gasteiger partial charge in [-0.05, 0) is 76.3 Å². The minimum Gasteiger partial charge on any atom is -0.381 e. The lowest BCUT2D eigenvalue weighted by molar-refractivity contribution is -0.115. The van der Waals surface area contributed by atoms with Crippen LogP contribution in [-0.2, 0) is 16.1 Å². The summed E-state index contributed by atoms with van der Waals surface area (Å²) in [4.78, 5) is 30.0. The molecule has 0 saturated carbocycles. The number of carbonyl (C=O) groups is 2. The van der Waals surface area contributed by atoms with Gasteiger partial charge in [0.15, 0.2) is 5.78 Å². The maximum Gasteiger partial charge on any atom is 0.159 e. The molecule has 1 aliphatic rings. The summed E-state index contributed by atoms with van der Waals surface area (Å²) in [7, 11) is 0. The minimum atomic E-state index is 0. The molecular weight excluding hydrogens is 500 g/mol. The van der Waals surface area contributed by atoms with Gasteiger partial charge in [0.25, 0.3) is 0 Å². The van der Waals surface area contributed by atoms with Gasteiger partial charge in [-0.15, -0.1) is 0 Å². The molecule has 0 amide bonds. The molecule has 1 saturated heterocycles. The maximum absolute atomic E-state index is 11.5. The molecule has 0 aliphatic carbocycles. The number of ether oxygens (including phenoxy) is 1. The predicted molar refractivity (Wildman–Crippen MR) is 162 cm³/mol. The number of aryl methyl sites for hydroxylation is 1.